The Morgan fingerprint density at radius 2 is 0.693 bits per heavy atom. The maximum Gasteiger partial charge on any atom is 0.252 e. The summed E-state index contributed by atoms with van der Waals surface area (Å²) in [6.45, 7) is -0.00834. The summed E-state index contributed by atoms with van der Waals surface area (Å²) in [6, 6.07) is 83.4. The molecule has 0 unspecified atom stereocenters. The van der Waals surface area contributed by atoms with Gasteiger partial charge in [-0.1, -0.05) is 208 Å². The molecule has 5 heteroatoms. The Labute approximate surface area is 442 Å². The number of benzene rings is 9. The summed E-state index contributed by atoms with van der Waals surface area (Å²) in [6.07, 6.45) is 12.8. The molecule has 0 radical (unpaired) electrons. The van der Waals surface area contributed by atoms with Crippen LogP contribution < -0.4 is 26.2 Å². The van der Waals surface area contributed by atoms with Crippen LogP contribution in [0.15, 0.2) is 224 Å². The van der Waals surface area contributed by atoms with E-state index in [9.17, 15) is 0 Å². The summed E-state index contributed by atoms with van der Waals surface area (Å²) < 4.78 is 0. The molecule has 0 N–H and O–H groups in total. The molecular weight excluding hydrogens is 908 g/mol. The van der Waals surface area contributed by atoms with Gasteiger partial charge in [0.1, 0.15) is 0 Å². The molecule has 2 fully saturated rings. The van der Waals surface area contributed by atoms with Crippen LogP contribution in [0, 0.1) is 0 Å². The third-order valence-corrected chi connectivity index (χ3v) is 16.9. The van der Waals surface area contributed by atoms with Crippen molar-refractivity contribution in [3.63, 3.8) is 0 Å². The molecule has 75 heavy (non-hydrogen) atoms. The van der Waals surface area contributed by atoms with E-state index < -0.39 is 0 Å². The van der Waals surface area contributed by atoms with Gasteiger partial charge in [0.25, 0.3) is 6.71 Å². The Kier molecular flexibility index (Phi) is 11.8. The van der Waals surface area contributed by atoms with Gasteiger partial charge < -0.3 is 9.80 Å². The van der Waals surface area contributed by atoms with Gasteiger partial charge in [0, 0.05) is 50.8 Å². The molecule has 9 aromatic carbocycles. The second-order valence-corrected chi connectivity index (χ2v) is 21.4. The lowest BCUT2D eigenvalue weighted by atomic mass is 9.33. The van der Waals surface area contributed by atoms with Gasteiger partial charge in [-0.05, 0) is 142 Å². The molecule has 4 aliphatic rings. The second-order valence-electron chi connectivity index (χ2n) is 21.4. The molecule has 0 amide bonds. The summed E-state index contributed by atoms with van der Waals surface area (Å²) in [7, 11) is 0. The van der Waals surface area contributed by atoms with E-state index in [4.69, 9.17) is 9.97 Å². The minimum Gasteiger partial charge on any atom is -0.311 e. The Balaban J connectivity index is 1.05. The number of anilines is 6. The van der Waals surface area contributed by atoms with Gasteiger partial charge in [-0.25, -0.2) is 9.97 Å². The van der Waals surface area contributed by atoms with Gasteiger partial charge in [0.15, 0.2) is 5.82 Å². The highest BCUT2D eigenvalue weighted by Gasteiger charge is 2.44. The van der Waals surface area contributed by atoms with Gasteiger partial charge >= 0.3 is 0 Å². The monoisotopic (exact) mass is 966 g/mol. The van der Waals surface area contributed by atoms with E-state index in [1.807, 2.05) is 0 Å². The molecule has 0 atom stereocenters. The first-order chi connectivity index (χ1) is 37.2. The largest absolute Gasteiger partial charge is 0.311 e. The highest BCUT2D eigenvalue weighted by Crippen LogP contribution is 2.48. The first-order valence-corrected chi connectivity index (χ1v) is 27.6. The van der Waals surface area contributed by atoms with Crippen molar-refractivity contribution in [2.24, 2.45) is 0 Å². The number of nitrogens with zero attached hydrogens (tertiary/aromatic N) is 4. The highest BCUT2D eigenvalue weighted by atomic mass is 15.2. The van der Waals surface area contributed by atoms with E-state index in [1.165, 1.54) is 125 Å². The molecule has 0 saturated heterocycles. The summed E-state index contributed by atoms with van der Waals surface area (Å²) in [5, 5.41) is 0. The molecule has 2 aliphatic carbocycles. The van der Waals surface area contributed by atoms with E-state index >= 15 is 0 Å². The van der Waals surface area contributed by atoms with E-state index in [2.05, 4.69) is 234 Å². The lowest BCUT2D eigenvalue weighted by Gasteiger charge is -2.45. The number of hydrogen-bond donors (Lipinski definition) is 0. The fourth-order valence-corrected chi connectivity index (χ4v) is 13.0. The van der Waals surface area contributed by atoms with Crippen molar-refractivity contribution in [1.82, 2.24) is 9.97 Å². The summed E-state index contributed by atoms with van der Waals surface area (Å²) in [5.41, 5.74) is 23.8. The number of hydrogen-bond acceptors (Lipinski definition) is 4. The lowest BCUT2D eigenvalue weighted by Crippen LogP contribution is -2.61. The first kappa shape index (κ1) is 45.3. The van der Waals surface area contributed by atoms with Gasteiger partial charge in [-0.2, -0.15) is 0 Å². The maximum absolute atomic E-state index is 5.54. The Bertz CT molecular complexity index is 3430. The first-order valence-electron chi connectivity index (χ1n) is 27.6. The predicted octanol–water partition coefficient (Wildman–Crippen LogP) is 17.0. The molecule has 1 aromatic heterocycles. The summed E-state index contributed by atoms with van der Waals surface area (Å²) >= 11 is 0. The van der Waals surface area contributed by atoms with Crippen molar-refractivity contribution in [2.45, 2.75) is 76.0 Å². The van der Waals surface area contributed by atoms with Crippen molar-refractivity contribution >= 4 is 57.2 Å². The van der Waals surface area contributed by atoms with Crippen molar-refractivity contribution in [3.8, 4) is 56.2 Å². The average Bonchev–Trinajstić information content (AvgIpc) is 3.50. The minimum absolute atomic E-state index is 0.00834. The van der Waals surface area contributed by atoms with Crippen LogP contribution >= 0.6 is 0 Å². The topological polar surface area (TPSA) is 32.3 Å². The third kappa shape index (κ3) is 8.45. The Morgan fingerprint density at radius 3 is 1.09 bits per heavy atom. The Hall–Kier alpha value is -8.28. The second kappa shape index (κ2) is 19.5. The Morgan fingerprint density at radius 1 is 0.320 bits per heavy atom. The molecule has 14 rings (SSSR count). The predicted molar refractivity (Wildman–Crippen MR) is 315 cm³/mol. The quantitative estimate of drug-likeness (QED) is 0.135. The summed E-state index contributed by atoms with van der Waals surface area (Å²) in [5.74, 6) is 1.80. The fraction of sp³-hybridized carbons (Fsp3) is 0.171. The van der Waals surface area contributed by atoms with E-state index in [0.717, 1.165) is 50.8 Å². The molecular formula is C70H59BN4. The molecule has 0 spiro atoms. The maximum atomic E-state index is 5.54. The van der Waals surface area contributed by atoms with Gasteiger partial charge in [0.05, 0.1) is 11.4 Å². The van der Waals surface area contributed by atoms with Crippen molar-refractivity contribution in [1.29, 1.82) is 0 Å². The molecule has 3 heterocycles. The van der Waals surface area contributed by atoms with Crippen LogP contribution in [0.5, 0.6) is 0 Å². The van der Waals surface area contributed by atoms with Crippen LogP contribution in [0.25, 0.3) is 56.2 Å². The zero-order chi connectivity index (χ0) is 49.7. The molecule has 10 aromatic rings. The normalized spacial score (nSPS) is 15.3. The van der Waals surface area contributed by atoms with Crippen LogP contribution in [0.2, 0.25) is 0 Å². The van der Waals surface area contributed by atoms with Crippen molar-refractivity contribution in [3.05, 3.63) is 236 Å². The smallest absolute Gasteiger partial charge is 0.252 e. The number of rotatable bonds is 9. The van der Waals surface area contributed by atoms with Crippen LogP contribution in [0.1, 0.15) is 87.2 Å². The summed E-state index contributed by atoms with van der Waals surface area (Å²) in [4.78, 5) is 16.3. The number of fused-ring (bicyclic) bond motifs is 4. The molecule has 0 bridgehead atoms. The van der Waals surface area contributed by atoms with Crippen molar-refractivity contribution in [2.75, 3.05) is 9.80 Å². The molecule has 362 valence electrons. The van der Waals surface area contributed by atoms with E-state index in [0.29, 0.717) is 17.7 Å². The fourth-order valence-electron chi connectivity index (χ4n) is 13.0. The van der Waals surface area contributed by atoms with Crippen LogP contribution in [0.4, 0.5) is 34.1 Å². The number of aromatic nitrogens is 2. The average molecular weight is 967 g/mol. The molecule has 2 aliphatic heterocycles. The van der Waals surface area contributed by atoms with Crippen LogP contribution in [-0.4, -0.2) is 16.7 Å². The van der Waals surface area contributed by atoms with E-state index in [1.54, 1.807) is 0 Å². The lowest BCUT2D eigenvalue weighted by molar-refractivity contribution is 0.444. The standard InChI is InChI=1S/C70H59BN4/c1-7-19-48(20-8-1)52-31-37-59(38-32-52)74-65-43-56(50-23-11-3-12-24-50)35-41-61(65)71-62-42-36-57(51-25-13-4-14-26-51)44-66(62)75(60-39-33-53(34-40-60)49-21-9-2-10-22-49)68-46-58(45-67(74)69(68)71)70-72-63(54-27-15-5-16-28-54)47-64(73-70)55-29-17-6-18-30-55/h1-2,5-10,15-22,27-47,50-51H,3-4,11-14,23-26H2. The molecule has 4 nitrogen and oxygen atoms in total. The van der Waals surface area contributed by atoms with Crippen LogP contribution in [0.3, 0.4) is 0 Å². The zero-order valence-electron chi connectivity index (χ0n) is 42.5. The molecule has 2 saturated carbocycles. The van der Waals surface area contributed by atoms with Gasteiger partial charge in [-0.3, -0.25) is 0 Å². The highest BCUT2D eigenvalue weighted by molar-refractivity contribution is 7.00. The van der Waals surface area contributed by atoms with Gasteiger partial charge in [0.2, 0.25) is 0 Å². The minimum atomic E-state index is -0.00834. The van der Waals surface area contributed by atoms with Crippen molar-refractivity contribution < 1.29 is 0 Å². The van der Waals surface area contributed by atoms with Crippen LogP contribution in [-0.2, 0) is 0 Å². The zero-order valence-corrected chi connectivity index (χ0v) is 42.5. The SMILES string of the molecule is c1ccc(-c2ccc(N3c4cc(C5CCCCC5)ccc4B4c5ccc(C6CCCCC6)cc5N(c5ccc(-c6ccccc6)cc5)c5cc(-c6nc(-c7ccccc7)cc(-c7ccccc7)n6)cc3c54)cc2)cc1. The third-order valence-electron chi connectivity index (χ3n) is 16.9. The van der Waals surface area contributed by atoms with E-state index in [-0.39, 0.29) is 6.71 Å². The van der Waals surface area contributed by atoms with Gasteiger partial charge in [-0.15, -0.1) is 0 Å².